The van der Waals surface area contributed by atoms with E-state index in [2.05, 4.69) is 9.97 Å². The van der Waals surface area contributed by atoms with E-state index in [1.165, 1.54) is 13.3 Å². The van der Waals surface area contributed by atoms with Crippen LogP contribution in [0.4, 0.5) is 0 Å². The van der Waals surface area contributed by atoms with Gasteiger partial charge < -0.3 is 4.74 Å². The highest BCUT2D eigenvalue weighted by molar-refractivity contribution is 5.91. The lowest BCUT2D eigenvalue weighted by atomic mass is 10.3. The molecular formula is C10H9N3O. The van der Waals surface area contributed by atoms with E-state index in [-0.39, 0.29) is 5.90 Å². The fraction of sp³-hybridized carbons (Fsp3) is 0.100. The number of nitrogens with zero attached hydrogens (tertiary/aromatic N) is 2. The first-order valence-corrected chi connectivity index (χ1v) is 4.16. The van der Waals surface area contributed by atoms with Crippen LogP contribution in [0.5, 0.6) is 0 Å². The summed E-state index contributed by atoms with van der Waals surface area (Å²) in [5.41, 5.74) is 2.04. The fourth-order valence-corrected chi connectivity index (χ4v) is 1.17. The molecule has 0 spiro atoms. The Hall–Kier alpha value is -1.97. The molecule has 2 rings (SSSR count). The maximum atomic E-state index is 7.43. The fourth-order valence-electron chi connectivity index (χ4n) is 1.17. The summed E-state index contributed by atoms with van der Waals surface area (Å²) in [6, 6.07) is 7.52. The molecular weight excluding hydrogens is 178 g/mol. The van der Waals surface area contributed by atoms with Gasteiger partial charge in [-0.3, -0.25) is 10.4 Å². The summed E-state index contributed by atoms with van der Waals surface area (Å²) in [4.78, 5) is 8.40. The molecule has 0 saturated heterocycles. The second-order valence-electron chi connectivity index (χ2n) is 2.78. The first-order chi connectivity index (χ1) is 6.81. The van der Waals surface area contributed by atoms with E-state index in [4.69, 9.17) is 10.1 Å². The molecule has 1 aromatic carbocycles. The van der Waals surface area contributed by atoms with Gasteiger partial charge in [-0.2, -0.15) is 0 Å². The lowest BCUT2D eigenvalue weighted by Crippen LogP contribution is -2.04. The topological polar surface area (TPSA) is 58.9 Å². The monoisotopic (exact) mass is 187 g/mol. The number of rotatable bonds is 1. The number of hydrogen-bond acceptors (Lipinski definition) is 4. The van der Waals surface area contributed by atoms with Crippen molar-refractivity contribution in [2.45, 2.75) is 0 Å². The predicted molar refractivity (Wildman–Crippen MR) is 53.4 cm³/mol. The second-order valence-corrected chi connectivity index (χ2v) is 2.78. The minimum Gasteiger partial charge on any atom is -0.480 e. The molecule has 0 amide bonds. The zero-order chi connectivity index (χ0) is 9.97. The summed E-state index contributed by atoms with van der Waals surface area (Å²) in [6.07, 6.45) is 1.54. The third-order valence-corrected chi connectivity index (χ3v) is 1.89. The van der Waals surface area contributed by atoms with Crippen molar-refractivity contribution < 1.29 is 4.74 Å². The van der Waals surface area contributed by atoms with Crippen LogP contribution in [0.15, 0.2) is 30.5 Å². The van der Waals surface area contributed by atoms with E-state index in [1.807, 2.05) is 24.3 Å². The first-order valence-electron chi connectivity index (χ1n) is 4.16. The van der Waals surface area contributed by atoms with Gasteiger partial charge in [-0.05, 0) is 12.1 Å². The Morgan fingerprint density at radius 3 is 2.71 bits per heavy atom. The molecule has 0 radical (unpaired) electrons. The van der Waals surface area contributed by atoms with Gasteiger partial charge in [0, 0.05) is 0 Å². The van der Waals surface area contributed by atoms with Crippen LogP contribution < -0.4 is 0 Å². The number of hydrogen-bond donors (Lipinski definition) is 1. The Kier molecular flexibility index (Phi) is 2.10. The number of benzene rings is 1. The molecule has 0 aliphatic rings. The van der Waals surface area contributed by atoms with Crippen molar-refractivity contribution in [3.8, 4) is 0 Å². The van der Waals surface area contributed by atoms with Gasteiger partial charge in [0.15, 0.2) is 0 Å². The van der Waals surface area contributed by atoms with Crippen LogP contribution in [0.3, 0.4) is 0 Å². The molecule has 1 aromatic heterocycles. The summed E-state index contributed by atoms with van der Waals surface area (Å²) in [5.74, 6) is 0.0308. The van der Waals surface area contributed by atoms with E-state index in [0.717, 1.165) is 11.0 Å². The maximum absolute atomic E-state index is 7.43. The Labute approximate surface area is 81.1 Å². The van der Waals surface area contributed by atoms with E-state index < -0.39 is 0 Å². The molecule has 0 aliphatic carbocycles. The molecule has 0 saturated carbocycles. The maximum Gasteiger partial charge on any atom is 0.233 e. The molecule has 70 valence electrons. The van der Waals surface area contributed by atoms with Crippen molar-refractivity contribution in [2.24, 2.45) is 0 Å². The van der Waals surface area contributed by atoms with Crippen molar-refractivity contribution in [1.82, 2.24) is 9.97 Å². The third kappa shape index (κ3) is 1.42. The molecule has 14 heavy (non-hydrogen) atoms. The molecule has 0 fully saturated rings. The molecule has 0 bridgehead atoms. The van der Waals surface area contributed by atoms with Crippen molar-refractivity contribution >= 4 is 16.9 Å². The standard InChI is InChI=1S/C10H9N3O/c1-14-10(11)9-6-12-7-4-2-3-5-8(7)13-9/h2-6,11H,1H3. The van der Waals surface area contributed by atoms with E-state index in [0.29, 0.717) is 5.69 Å². The highest BCUT2D eigenvalue weighted by Gasteiger charge is 2.04. The quantitative estimate of drug-likeness (QED) is 0.545. The van der Waals surface area contributed by atoms with E-state index in [9.17, 15) is 0 Å². The lowest BCUT2D eigenvalue weighted by molar-refractivity contribution is 0.399. The number of ether oxygens (including phenoxy) is 1. The van der Waals surface area contributed by atoms with Crippen LogP contribution in [-0.2, 0) is 4.74 Å². The number of fused-ring (bicyclic) bond motifs is 1. The molecule has 0 aliphatic heterocycles. The number of aromatic nitrogens is 2. The third-order valence-electron chi connectivity index (χ3n) is 1.89. The van der Waals surface area contributed by atoms with Crippen LogP contribution in [0, 0.1) is 5.41 Å². The molecule has 4 nitrogen and oxygen atoms in total. The minimum absolute atomic E-state index is 0.0308. The second kappa shape index (κ2) is 3.41. The van der Waals surface area contributed by atoms with Gasteiger partial charge in [-0.25, -0.2) is 4.98 Å². The Balaban J connectivity index is 2.56. The summed E-state index contributed by atoms with van der Waals surface area (Å²) in [5, 5.41) is 7.43. The average molecular weight is 187 g/mol. The van der Waals surface area contributed by atoms with Crippen molar-refractivity contribution in [3.63, 3.8) is 0 Å². The van der Waals surface area contributed by atoms with Gasteiger partial charge in [0.2, 0.25) is 5.90 Å². The SMILES string of the molecule is COC(=N)c1cnc2ccccc2n1. The minimum atomic E-state index is 0.0308. The predicted octanol–water partition coefficient (Wildman–Crippen LogP) is 1.60. The first kappa shape index (κ1) is 8.62. The van der Waals surface area contributed by atoms with Crippen LogP contribution >= 0.6 is 0 Å². The zero-order valence-electron chi connectivity index (χ0n) is 7.69. The molecule has 2 aromatic rings. The van der Waals surface area contributed by atoms with Gasteiger partial charge in [0.25, 0.3) is 0 Å². The number of para-hydroxylation sites is 2. The van der Waals surface area contributed by atoms with Crippen molar-refractivity contribution in [2.75, 3.05) is 7.11 Å². The van der Waals surface area contributed by atoms with Crippen LogP contribution in [0.25, 0.3) is 11.0 Å². The zero-order valence-corrected chi connectivity index (χ0v) is 7.69. The number of methoxy groups -OCH3 is 1. The van der Waals surface area contributed by atoms with Crippen molar-refractivity contribution in [1.29, 1.82) is 5.41 Å². The molecule has 1 heterocycles. The molecule has 1 N–H and O–H groups in total. The van der Waals surface area contributed by atoms with Gasteiger partial charge in [0.05, 0.1) is 24.3 Å². The summed E-state index contributed by atoms with van der Waals surface area (Å²) < 4.78 is 4.77. The summed E-state index contributed by atoms with van der Waals surface area (Å²) >= 11 is 0. The van der Waals surface area contributed by atoms with E-state index in [1.54, 1.807) is 0 Å². The average Bonchev–Trinajstić information content (AvgIpc) is 2.27. The van der Waals surface area contributed by atoms with Crippen molar-refractivity contribution in [3.05, 3.63) is 36.2 Å². The van der Waals surface area contributed by atoms with Gasteiger partial charge in [-0.15, -0.1) is 0 Å². The number of nitrogens with one attached hydrogen (secondary N) is 1. The normalized spacial score (nSPS) is 10.1. The molecule has 0 unspecified atom stereocenters. The van der Waals surface area contributed by atoms with Gasteiger partial charge in [0.1, 0.15) is 5.69 Å². The van der Waals surface area contributed by atoms with Crippen LogP contribution in [0.2, 0.25) is 0 Å². The van der Waals surface area contributed by atoms with Gasteiger partial charge >= 0.3 is 0 Å². The summed E-state index contributed by atoms with van der Waals surface area (Å²) in [6.45, 7) is 0. The Morgan fingerprint density at radius 2 is 2.00 bits per heavy atom. The molecule has 4 heteroatoms. The highest BCUT2D eigenvalue weighted by atomic mass is 16.5. The summed E-state index contributed by atoms with van der Waals surface area (Å²) in [7, 11) is 1.44. The molecule has 0 atom stereocenters. The lowest BCUT2D eigenvalue weighted by Gasteiger charge is -2.01. The van der Waals surface area contributed by atoms with Crippen LogP contribution in [-0.4, -0.2) is 23.0 Å². The Bertz CT molecular complexity index is 482. The Morgan fingerprint density at radius 1 is 1.29 bits per heavy atom. The largest absolute Gasteiger partial charge is 0.480 e. The van der Waals surface area contributed by atoms with Gasteiger partial charge in [-0.1, -0.05) is 12.1 Å². The van der Waals surface area contributed by atoms with Crippen LogP contribution in [0.1, 0.15) is 5.69 Å². The smallest absolute Gasteiger partial charge is 0.233 e. The van der Waals surface area contributed by atoms with E-state index >= 15 is 0 Å². The highest BCUT2D eigenvalue weighted by Crippen LogP contribution is 2.08.